The van der Waals surface area contributed by atoms with E-state index in [1.807, 2.05) is 25.1 Å². The lowest BCUT2D eigenvalue weighted by atomic mass is 9.88. The largest absolute Gasteiger partial charge is 0.351 e. The Hall–Kier alpha value is -0.540. The number of nitrogens with one attached hydrogen (secondary N) is 1. The van der Waals surface area contributed by atoms with E-state index in [0.29, 0.717) is 18.0 Å². The molecule has 0 atom stereocenters. The van der Waals surface area contributed by atoms with Crippen molar-refractivity contribution in [3.63, 3.8) is 0 Å². The molecule has 0 aromatic heterocycles. The van der Waals surface area contributed by atoms with Gasteiger partial charge in [-0.15, -0.1) is 11.6 Å². The highest BCUT2D eigenvalue weighted by Gasteiger charge is 2.33. The third kappa shape index (κ3) is 3.51. The third-order valence-electron chi connectivity index (χ3n) is 4.01. The highest BCUT2D eigenvalue weighted by Crippen LogP contribution is 2.38. The summed E-state index contributed by atoms with van der Waals surface area (Å²) in [4.78, 5) is 12.1. The Bertz CT molecular complexity index is 469. The first-order valence-corrected chi connectivity index (χ1v) is 7.99. The topological polar surface area (TPSA) is 29.1 Å². The first-order chi connectivity index (χ1) is 9.06. The van der Waals surface area contributed by atoms with Crippen LogP contribution in [0.2, 0.25) is 0 Å². The number of amides is 1. The summed E-state index contributed by atoms with van der Waals surface area (Å²) in [6.45, 7) is 2.69. The van der Waals surface area contributed by atoms with Crippen LogP contribution in [-0.4, -0.2) is 18.3 Å². The average Bonchev–Trinajstić information content (AvgIpc) is 2.89. The maximum absolute atomic E-state index is 12.1. The molecule has 1 saturated carbocycles. The molecule has 0 spiro atoms. The molecular weight excluding hydrogens is 326 g/mol. The van der Waals surface area contributed by atoms with Crippen LogP contribution in [0.25, 0.3) is 0 Å². The van der Waals surface area contributed by atoms with Gasteiger partial charge in [-0.2, -0.15) is 0 Å². The van der Waals surface area contributed by atoms with Crippen molar-refractivity contribution in [2.45, 2.75) is 32.6 Å². The molecule has 2 nitrogen and oxygen atoms in total. The van der Waals surface area contributed by atoms with Gasteiger partial charge in [0.2, 0.25) is 0 Å². The first-order valence-electron chi connectivity index (χ1n) is 6.67. The molecule has 0 unspecified atom stereocenters. The minimum absolute atomic E-state index is 0.0166. The van der Waals surface area contributed by atoms with E-state index in [1.165, 1.54) is 12.8 Å². The Labute approximate surface area is 128 Å². The van der Waals surface area contributed by atoms with E-state index in [0.717, 1.165) is 22.9 Å². The number of carbonyl (C=O) groups excluding carboxylic acids is 1. The van der Waals surface area contributed by atoms with Gasteiger partial charge >= 0.3 is 0 Å². The number of aryl methyl sites for hydroxylation is 1. The van der Waals surface area contributed by atoms with Gasteiger partial charge in [-0.05, 0) is 37.5 Å². The molecule has 1 aliphatic rings. The standard InChI is InChI=1S/C15H19BrClNO/c1-11-4-5-12(8-13(11)16)14(19)18-10-15(9-17)6-2-3-7-15/h4-5,8H,2-3,6-7,9-10H2,1H3,(H,18,19). The van der Waals surface area contributed by atoms with Crippen LogP contribution in [0, 0.1) is 12.3 Å². The molecular formula is C15H19BrClNO. The molecule has 1 fully saturated rings. The average molecular weight is 345 g/mol. The fraction of sp³-hybridized carbons (Fsp3) is 0.533. The summed E-state index contributed by atoms with van der Waals surface area (Å²) in [5.74, 6) is 0.613. The number of rotatable bonds is 4. The van der Waals surface area contributed by atoms with E-state index in [9.17, 15) is 4.79 Å². The summed E-state index contributed by atoms with van der Waals surface area (Å²) < 4.78 is 0.966. The van der Waals surface area contributed by atoms with Crippen LogP contribution >= 0.6 is 27.5 Å². The van der Waals surface area contributed by atoms with E-state index in [2.05, 4.69) is 21.2 Å². The van der Waals surface area contributed by atoms with Crippen molar-refractivity contribution in [3.05, 3.63) is 33.8 Å². The zero-order valence-electron chi connectivity index (χ0n) is 11.1. The summed E-state index contributed by atoms with van der Waals surface area (Å²) in [6, 6.07) is 5.68. The van der Waals surface area contributed by atoms with Crippen LogP contribution in [0.4, 0.5) is 0 Å². The molecule has 1 aromatic rings. The molecule has 2 rings (SSSR count). The van der Waals surface area contributed by atoms with Gasteiger partial charge in [-0.25, -0.2) is 0 Å². The van der Waals surface area contributed by atoms with Gasteiger partial charge in [0.1, 0.15) is 0 Å². The summed E-state index contributed by atoms with van der Waals surface area (Å²) in [7, 11) is 0. The Balaban J connectivity index is 1.99. The second kappa shape index (κ2) is 6.27. The summed E-state index contributed by atoms with van der Waals surface area (Å²) in [6.07, 6.45) is 4.68. The van der Waals surface area contributed by atoms with Crippen LogP contribution in [0.1, 0.15) is 41.6 Å². The van der Waals surface area contributed by atoms with Gasteiger partial charge < -0.3 is 5.32 Å². The lowest BCUT2D eigenvalue weighted by Crippen LogP contribution is -2.37. The predicted molar refractivity (Wildman–Crippen MR) is 82.8 cm³/mol. The number of benzene rings is 1. The van der Waals surface area contributed by atoms with Gasteiger partial charge in [-0.1, -0.05) is 34.8 Å². The maximum Gasteiger partial charge on any atom is 0.251 e. The highest BCUT2D eigenvalue weighted by atomic mass is 79.9. The summed E-state index contributed by atoms with van der Waals surface area (Å²) in [5, 5.41) is 3.04. The normalized spacial score (nSPS) is 17.4. The number of carbonyl (C=O) groups is 1. The second-order valence-corrected chi connectivity index (χ2v) is 6.61. The van der Waals surface area contributed by atoms with E-state index in [4.69, 9.17) is 11.6 Å². The fourth-order valence-corrected chi connectivity index (χ4v) is 3.33. The van der Waals surface area contributed by atoms with Crippen molar-refractivity contribution in [2.24, 2.45) is 5.41 Å². The van der Waals surface area contributed by atoms with E-state index >= 15 is 0 Å². The summed E-state index contributed by atoms with van der Waals surface area (Å²) >= 11 is 9.54. The first kappa shape index (κ1) is 14.9. The number of halogens is 2. The van der Waals surface area contributed by atoms with Crippen molar-refractivity contribution in [2.75, 3.05) is 12.4 Å². The van der Waals surface area contributed by atoms with Crippen molar-refractivity contribution in [3.8, 4) is 0 Å². The van der Waals surface area contributed by atoms with Crippen molar-refractivity contribution in [1.29, 1.82) is 0 Å². The van der Waals surface area contributed by atoms with Gasteiger partial charge in [0, 0.05) is 27.9 Å². The number of hydrogen-bond acceptors (Lipinski definition) is 1. The molecule has 4 heteroatoms. The van der Waals surface area contributed by atoms with Crippen LogP contribution < -0.4 is 5.32 Å². The van der Waals surface area contributed by atoms with E-state index in [1.54, 1.807) is 0 Å². The molecule has 1 N–H and O–H groups in total. The lowest BCUT2D eigenvalue weighted by molar-refractivity contribution is 0.0935. The van der Waals surface area contributed by atoms with E-state index < -0.39 is 0 Å². The number of hydrogen-bond donors (Lipinski definition) is 1. The quantitative estimate of drug-likeness (QED) is 0.811. The minimum atomic E-state index is -0.0166. The SMILES string of the molecule is Cc1ccc(C(=O)NCC2(CCl)CCCC2)cc1Br. The Morgan fingerprint density at radius 1 is 1.42 bits per heavy atom. The highest BCUT2D eigenvalue weighted by molar-refractivity contribution is 9.10. The molecule has 0 aliphatic heterocycles. The minimum Gasteiger partial charge on any atom is -0.351 e. The van der Waals surface area contributed by atoms with E-state index in [-0.39, 0.29) is 11.3 Å². The van der Waals surface area contributed by atoms with Gasteiger partial charge in [-0.3, -0.25) is 4.79 Å². The molecule has 0 saturated heterocycles. The zero-order chi connectivity index (χ0) is 13.9. The molecule has 104 valence electrons. The number of alkyl halides is 1. The predicted octanol–water partition coefficient (Wildman–Crippen LogP) is 4.29. The molecule has 0 radical (unpaired) electrons. The monoisotopic (exact) mass is 343 g/mol. The Kier molecular flexibility index (Phi) is 4.91. The third-order valence-corrected chi connectivity index (χ3v) is 5.43. The molecule has 1 amide bonds. The second-order valence-electron chi connectivity index (χ2n) is 5.49. The lowest BCUT2D eigenvalue weighted by Gasteiger charge is -2.26. The maximum atomic E-state index is 12.1. The summed E-state index contributed by atoms with van der Waals surface area (Å²) in [5.41, 5.74) is 1.93. The van der Waals surface area contributed by atoms with Gasteiger partial charge in [0.05, 0.1) is 0 Å². The van der Waals surface area contributed by atoms with Crippen LogP contribution in [0.15, 0.2) is 22.7 Å². The molecule has 0 heterocycles. The molecule has 19 heavy (non-hydrogen) atoms. The molecule has 1 aromatic carbocycles. The van der Waals surface area contributed by atoms with Crippen molar-refractivity contribution < 1.29 is 4.79 Å². The van der Waals surface area contributed by atoms with Crippen molar-refractivity contribution >= 4 is 33.4 Å². The van der Waals surface area contributed by atoms with Crippen LogP contribution in [0.3, 0.4) is 0 Å². The Morgan fingerprint density at radius 2 is 2.11 bits per heavy atom. The van der Waals surface area contributed by atoms with Crippen molar-refractivity contribution in [1.82, 2.24) is 5.32 Å². The van der Waals surface area contributed by atoms with Gasteiger partial charge in [0.15, 0.2) is 0 Å². The van der Waals surface area contributed by atoms with Gasteiger partial charge in [0.25, 0.3) is 5.91 Å². The Morgan fingerprint density at radius 3 is 2.68 bits per heavy atom. The zero-order valence-corrected chi connectivity index (χ0v) is 13.5. The van der Waals surface area contributed by atoms with Crippen LogP contribution in [0.5, 0.6) is 0 Å². The van der Waals surface area contributed by atoms with Crippen LogP contribution in [-0.2, 0) is 0 Å². The fourth-order valence-electron chi connectivity index (χ4n) is 2.59. The molecule has 1 aliphatic carbocycles. The molecule has 0 bridgehead atoms. The smallest absolute Gasteiger partial charge is 0.251 e.